The second-order valence-corrected chi connectivity index (χ2v) is 7.78. The number of thioether (sulfide) groups is 2. The van der Waals surface area contributed by atoms with Gasteiger partial charge in [0.2, 0.25) is 0 Å². The zero-order chi connectivity index (χ0) is 13.5. The molecule has 2 rings (SSSR count). The van der Waals surface area contributed by atoms with Crippen LogP contribution in [0.3, 0.4) is 0 Å². The Kier molecular flexibility index (Phi) is 6.54. The third-order valence-electron chi connectivity index (χ3n) is 3.24. The number of pyridine rings is 1. The molecule has 1 saturated heterocycles. The lowest BCUT2D eigenvalue weighted by atomic mass is 9.97. The second kappa shape index (κ2) is 8.18. The highest BCUT2D eigenvalue weighted by Crippen LogP contribution is 2.24. The van der Waals surface area contributed by atoms with Gasteiger partial charge >= 0.3 is 0 Å². The fourth-order valence-corrected chi connectivity index (χ4v) is 4.77. The fraction of sp³-hybridized carbons (Fsp3) is 0.667. The van der Waals surface area contributed by atoms with Crippen molar-refractivity contribution in [3.63, 3.8) is 0 Å². The van der Waals surface area contributed by atoms with Gasteiger partial charge in [0.05, 0.1) is 0 Å². The maximum absolute atomic E-state index is 4.27. The van der Waals surface area contributed by atoms with Crippen LogP contribution in [0.1, 0.15) is 31.9 Å². The summed E-state index contributed by atoms with van der Waals surface area (Å²) in [6.07, 6.45) is 5.04. The first-order valence-corrected chi connectivity index (χ1v) is 9.38. The minimum Gasteiger partial charge on any atom is -0.305 e. The van der Waals surface area contributed by atoms with E-state index in [0.29, 0.717) is 18.0 Å². The molecule has 1 fully saturated rings. The van der Waals surface area contributed by atoms with E-state index < -0.39 is 0 Å². The predicted molar refractivity (Wildman–Crippen MR) is 88.0 cm³/mol. The van der Waals surface area contributed by atoms with Gasteiger partial charge in [-0.05, 0) is 24.0 Å². The third kappa shape index (κ3) is 5.36. The maximum atomic E-state index is 4.27. The molecular formula is C15H24N2S2. The van der Waals surface area contributed by atoms with Gasteiger partial charge in [-0.3, -0.25) is 4.98 Å². The molecule has 106 valence electrons. The van der Waals surface area contributed by atoms with Gasteiger partial charge < -0.3 is 5.32 Å². The summed E-state index contributed by atoms with van der Waals surface area (Å²) < 4.78 is 0. The number of hydrogen-bond acceptors (Lipinski definition) is 4. The summed E-state index contributed by atoms with van der Waals surface area (Å²) in [5.41, 5.74) is 1.33. The Morgan fingerprint density at radius 2 is 2.05 bits per heavy atom. The first-order valence-electron chi connectivity index (χ1n) is 7.07. The molecule has 0 saturated carbocycles. The molecule has 0 radical (unpaired) electrons. The molecule has 1 N–H and O–H groups in total. The van der Waals surface area contributed by atoms with E-state index >= 15 is 0 Å². The minimum atomic E-state index is 0.443. The van der Waals surface area contributed by atoms with Gasteiger partial charge in [-0.25, -0.2) is 0 Å². The van der Waals surface area contributed by atoms with Crippen molar-refractivity contribution in [2.45, 2.75) is 32.4 Å². The molecule has 1 aromatic rings. The number of nitrogens with zero attached hydrogens (tertiary/aromatic N) is 1. The van der Waals surface area contributed by atoms with Gasteiger partial charge in [0.1, 0.15) is 0 Å². The smallest absolute Gasteiger partial charge is 0.0341 e. The van der Waals surface area contributed by atoms with Crippen LogP contribution in [0.5, 0.6) is 0 Å². The maximum Gasteiger partial charge on any atom is 0.0341 e. The summed E-state index contributed by atoms with van der Waals surface area (Å²) in [6, 6.07) is 5.31. The quantitative estimate of drug-likeness (QED) is 0.897. The molecule has 1 aliphatic heterocycles. The fourth-order valence-electron chi connectivity index (χ4n) is 2.35. The highest BCUT2D eigenvalue weighted by Gasteiger charge is 2.19. The number of hydrogen-bond donors (Lipinski definition) is 1. The standard InChI is InChI=1S/C15H24N2S2/c1-12(2)8-15(13-4-3-5-16-9-13)17-14-10-18-6-7-19-11-14/h3-5,9,12,14-15,17H,6-8,10-11H2,1-2H3/t15-/m0/s1. The molecule has 1 atom stereocenters. The van der Waals surface area contributed by atoms with E-state index in [1.165, 1.54) is 35.0 Å². The van der Waals surface area contributed by atoms with E-state index in [1.54, 1.807) is 0 Å². The first kappa shape index (κ1) is 15.2. The molecule has 0 amide bonds. The number of aromatic nitrogens is 1. The lowest BCUT2D eigenvalue weighted by Gasteiger charge is -2.26. The summed E-state index contributed by atoms with van der Waals surface area (Å²) in [5, 5.41) is 3.86. The summed E-state index contributed by atoms with van der Waals surface area (Å²) in [6.45, 7) is 4.59. The second-order valence-electron chi connectivity index (χ2n) is 5.48. The topological polar surface area (TPSA) is 24.9 Å². The van der Waals surface area contributed by atoms with Crippen molar-refractivity contribution in [2.24, 2.45) is 5.92 Å². The highest BCUT2D eigenvalue weighted by molar-refractivity contribution is 8.03. The SMILES string of the molecule is CC(C)C[C@H](NC1CSCCSC1)c1cccnc1. The summed E-state index contributed by atoms with van der Waals surface area (Å²) in [5.74, 6) is 5.77. The van der Waals surface area contributed by atoms with Crippen LogP contribution in [0.2, 0.25) is 0 Å². The van der Waals surface area contributed by atoms with Crippen LogP contribution in [0, 0.1) is 5.92 Å². The van der Waals surface area contributed by atoms with Crippen molar-refractivity contribution < 1.29 is 0 Å². The van der Waals surface area contributed by atoms with E-state index in [1.807, 2.05) is 18.5 Å². The van der Waals surface area contributed by atoms with Crippen LogP contribution < -0.4 is 5.32 Å². The average molecular weight is 297 g/mol. The predicted octanol–water partition coefficient (Wildman–Crippen LogP) is 3.61. The van der Waals surface area contributed by atoms with E-state index in [4.69, 9.17) is 0 Å². The van der Waals surface area contributed by atoms with E-state index in [9.17, 15) is 0 Å². The van der Waals surface area contributed by atoms with Crippen LogP contribution >= 0.6 is 23.5 Å². The first-order chi connectivity index (χ1) is 9.25. The van der Waals surface area contributed by atoms with Gasteiger partial charge in [-0.1, -0.05) is 19.9 Å². The molecule has 0 bridgehead atoms. The lowest BCUT2D eigenvalue weighted by Crippen LogP contribution is -2.37. The van der Waals surface area contributed by atoms with Crippen LogP contribution in [0.4, 0.5) is 0 Å². The zero-order valence-electron chi connectivity index (χ0n) is 11.8. The molecule has 0 aliphatic carbocycles. The molecule has 1 aliphatic rings. The normalized spacial score (nSPS) is 19.3. The Morgan fingerprint density at radius 1 is 1.32 bits per heavy atom. The van der Waals surface area contributed by atoms with Crippen LogP contribution in [0.15, 0.2) is 24.5 Å². The van der Waals surface area contributed by atoms with Crippen LogP contribution in [-0.2, 0) is 0 Å². The van der Waals surface area contributed by atoms with E-state index in [-0.39, 0.29) is 0 Å². The van der Waals surface area contributed by atoms with E-state index in [0.717, 1.165) is 0 Å². The number of nitrogens with one attached hydrogen (secondary N) is 1. The van der Waals surface area contributed by atoms with Crippen molar-refractivity contribution >= 4 is 23.5 Å². The van der Waals surface area contributed by atoms with Gasteiger partial charge in [-0.15, -0.1) is 0 Å². The van der Waals surface area contributed by atoms with E-state index in [2.05, 4.69) is 53.7 Å². The van der Waals surface area contributed by atoms with Gasteiger partial charge in [0.25, 0.3) is 0 Å². The molecule has 2 nitrogen and oxygen atoms in total. The molecule has 2 heterocycles. The van der Waals surface area contributed by atoms with Crippen molar-refractivity contribution in [2.75, 3.05) is 23.0 Å². The van der Waals surface area contributed by atoms with Crippen molar-refractivity contribution in [3.8, 4) is 0 Å². The summed E-state index contributed by atoms with van der Waals surface area (Å²) in [7, 11) is 0. The molecule has 0 spiro atoms. The zero-order valence-corrected chi connectivity index (χ0v) is 13.5. The van der Waals surface area contributed by atoms with Gasteiger partial charge in [-0.2, -0.15) is 23.5 Å². The van der Waals surface area contributed by atoms with Gasteiger partial charge in [0, 0.05) is 47.5 Å². The molecule has 0 aromatic carbocycles. The molecule has 0 unspecified atom stereocenters. The van der Waals surface area contributed by atoms with Crippen molar-refractivity contribution in [3.05, 3.63) is 30.1 Å². The Hall–Kier alpha value is -0.190. The monoisotopic (exact) mass is 296 g/mol. The Balaban J connectivity index is 2.00. The summed E-state index contributed by atoms with van der Waals surface area (Å²) in [4.78, 5) is 4.27. The van der Waals surface area contributed by atoms with Crippen LogP contribution in [-0.4, -0.2) is 34.0 Å². The van der Waals surface area contributed by atoms with Gasteiger partial charge in [0.15, 0.2) is 0 Å². The van der Waals surface area contributed by atoms with Crippen molar-refractivity contribution in [1.82, 2.24) is 10.3 Å². The molecule has 19 heavy (non-hydrogen) atoms. The minimum absolute atomic E-state index is 0.443. The Labute approximate surface area is 125 Å². The third-order valence-corrected chi connectivity index (χ3v) is 5.76. The molecule has 1 aromatic heterocycles. The lowest BCUT2D eigenvalue weighted by molar-refractivity contribution is 0.405. The van der Waals surface area contributed by atoms with Crippen LogP contribution in [0.25, 0.3) is 0 Å². The Bertz CT molecular complexity index is 348. The molecular weight excluding hydrogens is 272 g/mol. The molecule has 4 heteroatoms. The Morgan fingerprint density at radius 3 is 2.63 bits per heavy atom. The highest BCUT2D eigenvalue weighted by atomic mass is 32.2. The largest absolute Gasteiger partial charge is 0.305 e. The average Bonchev–Trinajstić information content (AvgIpc) is 2.67. The number of rotatable bonds is 5. The summed E-state index contributed by atoms with van der Waals surface area (Å²) >= 11 is 4.16. The van der Waals surface area contributed by atoms with Crippen molar-refractivity contribution in [1.29, 1.82) is 0 Å².